The summed E-state index contributed by atoms with van der Waals surface area (Å²) >= 11 is 6.39. The zero-order chi connectivity index (χ0) is 15.2. The molecule has 1 unspecified atom stereocenters. The molecule has 21 heavy (non-hydrogen) atoms. The van der Waals surface area contributed by atoms with Crippen LogP contribution < -0.4 is 0 Å². The quantitative estimate of drug-likeness (QED) is 0.449. The minimum Gasteiger partial charge on any atom is -0.496 e. The predicted octanol–water partition coefficient (Wildman–Crippen LogP) is 4.90. The number of ether oxygens (including phenoxy) is 1. The average Bonchev–Trinajstić information content (AvgIpc) is 2.49. The number of halogens is 1. The van der Waals surface area contributed by atoms with Crippen LogP contribution in [0.4, 0.5) is 0 Å². The van der Waals surface area contributed by atoms with Gasteiger partial charge in [-0.25, -0.2) is 0 Å². The van der Waals surface area contributed by atoms with E-state index in [1.54, 1.807) is 13.2 Å². The predicted molar refractivity (Wildman–Crippen MR) is 88.0 cm³/mol. The van der Waals surface area contributed by atoms with Gasteiger partial charge in [0.2, 0.25) is 0 Å². The highest BCUT2D eigenvalue weighted by Crippen LogP contribution is 2.34. The molecule has 0 spiro atoms. The molecule has 0 fully saturated rings. The van der Waals surface area contributed by atoms with E-state index in [9.17, 15) is 4.79 Å². The Morgan fingerprint density at radius 3 is 2.86 bits per heavy atom. The summed E-state index contributed by atoms with van der Waals surface area (Å²) in [5.41, 5.74) is 2.96. The summed E-state index contributed by atoms with van der Waals surface area (Å²) < 4.78 is 5.62. The zero-order valence-electron chi connectivity index (χ0n) is 12.3. The van der Waals surface area contributed by atoms with Crippen molar-refractivity contribution in [2.75, 3.05) is 7.11 Å². The van der Waals surface area contributed by atoms with E-state index in [0.29, 0.717) is 10.9 Å². The third-order valence-electron chi connectivity index (χ3n) is 3.67. The second kappa shape index (κ2) is 7.28. The van der Waals surface area contributed by atoms with Gasteiger partial charge in [-0.1, -0.05) is 42.8 Å². The van der Waals surface area contributed by atoms with Gasteiger partial charge in [-0.3, -0.25) is 4.79 Å². The fraction of sp³-hybridized carbons (Fsp3) is 0.278. The van der Waals surface area contributed by atoms with E-state index in [1.807, 2.05) is 18.2 Å². The first-order chi connectivity index (χ1) is 10.2. The van der Waals surface area contributed by atoms with E-state index in [4.69, 9.17) is 16.3 Å². The van der Waals surface area contributed by atoms with Crippen LogP contribution in [0, 0.1) is 5.92 Å². The average molecular weight is 303 g/mol. The molecule has 1 aliphatic rings. The van der Waals surface area contributed by atoms with Crippen LogP contribution in [0.5, 0.6) is 0 Å². The van der Waals surface area contributed by atoms with Crippen LogP contribution in [0.2, 0.25) is 5.02 Å². The van der Waals surface area contributed by atoms with Crippen LogP contribution >= 0.6 is 11.6 Å². The lowest BCUT2D eigenvalue weighted by atomic mass is 9.88. The number of hydrogen-bond acceptors (Lipinski definition) is 2. The van der Waals surface area contributed by atoms with Gasteiger partial charge in [-0.15, -0.1) is 0 Å². The molecule has 1 atom stereocenters. The van der Waals surface area contributed by atoms with Gasteiger partial charge in [-0.05, 0) is 48.1 Å². The highest BCUT2D eigenvalue weighted by atomic mass is 35.5. The smallest absolute Gasteiger partial charge is 0.142 e. The highest BCUT2D eigenvalue weighted by Gasteiger charge is 2.18. The lowest BCUT2D eigenvalue weighted by Gasteiger charge is -2.21. The first-order valence-electron chi connectivity index (χ1n) is 7.03. The molecule has 0 bridgehead atoms. The molecular weight excluding hydrogens is 284 g/mol. The Morgan fingerprint density at radius 2 is 2.24 bits per heavy atom. The Kier molecular flexibility index (Phi) is 5.40. The number of hydrogen-bond donors (Lipinski definition) is 0. The first kappa shape index (κ1) is 15.6. The van der Waals surface area contributed by atoms with E-state index >= 15 is 0 Å². The van der Waals surface area contributed by atoms with E-state index in [2.05, 4.69) is 19.1 Å². The van der Waals surface area contributed by atoms with Crippen molar-refractivity contribution in [3.63, 3.8) is 0 Å². The molecule has 3 heteroatoms. The standard InChI is InChI=1S/C18H19ClO2/c1-13-6-3-4-8-15(13)18(21-2)16-10-9-14(7-5-11-20)12-17(16)19/h4-5,7-13H,3,6H2,1-2H3/b7-5+,18-15+. The van der Waals surface area contributed by atoms with Crippen LogP contribution in [0.25, 0.3) is 11.8 Å². The van der Waals surface area contributed by atoms with Gasteiger partial charge in [0.15, 0.2) is 0 Å². The molecule has 1 aromatic rings. The summed E-state index contributed by atoms with van der Waals surface area (Å²) in [7, 11) is 1.67. The molecule has 0 aromatic heterocycles. The molecule has 1 aromatic carbocycles. The Morgan fingerprint density at radius 1 is 1.43 bits per heavy atom. The van der Waals surface area contributed by atoms with Gasteiger partial charge >= 0.3 is 0 Å². The van der Waals surface area contributed by atoms with Crippen molar-refractivity contribution in [1.29, 1.82) is 0 Å². The summed E-state index contributed by atoms with van der Waals surface area (Å²) in [4.78, 5) is 10.4. The molecule has 2 nitrogen and oxygen atoms in total. The lowest BCUT2D eigenvalue weighted by molar-refractivity contribution is -0.104. The van der Waals surface area contributed by atoms with Crippen LogP contribution in [0.15, 0.2) is 42.0 Å². The summed E-state index contributed by atoms with van der Waals surface area (Å²) in [6.07, 6.45) is 10.4. The molecule has 0 saturated carbocycles. The first-order valence-corrected chi connectivity index (χ1v) is 7.41. The maximum absolute atomic E-state index is 10.4. The minimum atomic E-state index is 0.454. The minimum absolute atomic E-state index is 0.454. The van der Waals surface area contributed by atoms with E-state index in [1.165, 1.54) is 11.6 Å². The van der Waals surface area contributed by atoms with Crippen LogP contribution in [-0.2, 0) is 9.53 Å². The number of aldehydes is 1. The molecule has 0 amide bonds. The molecule has 0 N–H and O–H groups in total. The summed E-state index contributed by atoms with van der Waals surface area (Å²) in [5.74, 6) is 1.28. The monoisotopic (exact) mass is 302 g/mol. The van der Waals surface area contributed by atoms with Crippen molar-refractivity contribution >= 4 is 29.7 Å². The van der Waals surface area contributed by atoms with Crippen LogP contribution in [0.3, 0.4) is 0 Å². The largest absolute Gasteiger partial charge is 0.496 e. The molecule has 0 radical (unpaired) electrons. The number of benzene rings is 1. The van der Waals surface area contributed by atoms with Gasteiger partial charge in [-0.2, -0.15) is 0 Å². The van der Waals surface area contributed by atoms with Crippen molar-refractivity contribution in [3.8, 4) is 0 Å². The van der Waals surface area contributed by atoms with Crippen molar-refractivity contribution in [2.24, 2.45) is 5.92 Å². The SMILES string of the molecule is CO/C(=C1\C=CCCC1C)c1ccc(/C=C/C=O)cc1Cl. The second-order valence-electron chi connectivity index (χ2n) is 5.10. The summed E-state index contributed by atoms with van der Waals surface area (Å²) in [5, 5.41) is 0.624. The molecule has 2 rings (SSSR count). The fourth-order valence-electron chi connectivity index (χ4n) is 2.53. The van der Waals surface area contributed by atoms with Gasteiger partial charge < -0.3 is 4.74 Å². The highest BCUT2D eigenvalue weighted by molar-refractivity contribution is 6.32. The van der Waals surface area contributed by atoms with Gasteiger partial charge in [0.05, 0.1) is 12.1 Å². The maximum atomic E-state index is 10.4. The zero-order valence-corrected chi connectivity index (χ0v) is 13.1. The molecule has 1 aliphatic carbocycles. The van der Waals surface area contributed by atoms with Crippen LogP contribution in [0.1, 0.15) is 30.9 Å². The molecular formula is C18H19ClO2. The lowest BCUT2D eigenvalue weighted by Crippen LogP contribution is -2.06. The van der Waals surface area contributed by atoms with Gasteiger partial charge in [0, 0.05) is 5.56 Å². The van der Waals surface area contributed by atoms with Crippen molar-refractivity contribution in [3.05, 3.63) is 58.1 Å². The topological polar surface area (TPSA) is 26.3 Å². The Hall–Kier alpha value is -1.80. The summed E-state index contributed by atoms with van der Waals surface area (Å²) in [6, 6.07) is 5.71. The molecule has 0 aliphatic heterocycles. The number of carbonyl (C=O) groups excluding carboxylic acids is 1. The van der Waals surface area contributed by atoms with E-state index < -0.39 is 0 Å². The molecule has 110 valence electrons. The van der Waals surface area contributed by atoms with Gasteiger partial charge in [0.1, 0.15) is 12.0 Å². The number of carbonyl (C=O) groups is 1. The van der Waals surface area contributed by atoms with Crippen molar-refractivity contribution < 1.29 is 9.53 Å². The van der Waals surface area contributed by atoms with Crippen molar-refractivity contribution in [1.82, 2.24) is 0 Å². The number of rotatable bonds is 4. The second-order valence-corrected chi connectivity index (χ2v) is 5.51. The van der Waals surface area contributed by atoms with Crippen molar-refractivity contribution in [2.45, 2.75) is 19.8 Å². The Bertz CT molecular complexity index is 612. The maximum Gasteiger partial charge on any atom is 0.142 e. The Labute approximate surface area is 130 Å². The van der Waals surface area contributed by atoms with Gasteiger partial charge in [0.25, 0.3) is 0 Å². The third kappa shape index (κ3) is 3.64. The summed E-state index contributed by atoms with van der Waals surface area (Å²) in [6.45, 7) is 2.20. The van der Waals surface area contributed by atoms with E-state index in [0.717, 1.165) is 36.0 Å². The normalized spacial score (nSPS) is 20.6. The van der Waals surface area contributed by atoms with E-state index in [-0.39, 0.29) is 0 Å². The molecule has 0 heterocycles. The third-order valence-corrected chi connectivity index (χ3v) is 3.98. The Balaban J connectivity index is 2.46. The number of methoxy groups -OCH3 is 1. The number of allylic oxidation sites excluding steroid dienone is 4. The molecule has 0 saturated heterocycles. The van der Waals surface area contributed by atoms with Crippen LogP contribution in [-0.4, -0.2) is 13.4 Å². The fourth-order valence-corrected chi connectivity index (χ4v) is 2.80.